The Morgan fingerprint density at radius 3 is 2.52 bits per heavy atom. The van der Waals surface area contributed by atoms with Crippen LogP contribution in [0.3, 0.4) is 0 Å². The van der Waals surface area contributed by atoms with E-state index in [4.69, 9.17) is 9.47 Å². The molecule has 2 aromatic heterocycles. The molecule has 0 amide bonds. The largest absolute Gasteiger partial charge is 0.377 e. The van der Waals surface area contributed by atoms with Gasteiger partial charge in [-0.05, 0) is 0 Å². The molecule has 3 aromatic rings. The molecule has 1 saturated heterocycles. The smallest absolute Gasteiger partial charge is 0.156 e. The van der Waals surface area contributed by atoms with Crippen LogP contribution in [0.2, 0.25) is 0 Å². The van der Waals surface area contributed by atoms with Crippen LogP contribution in [0.5, 0.6) is 0 Å². The van der Waals surface area contributed by atoms with Gasteiger partial charge in [0, 0.05) is 18.0 Å². The molecule has 0 unspecified atom stereocenters. The van der Waals surface area contributed by atoms with Gasteiger partial charge >= 0.3 is 0 Å². The highest BCUT2D eigenvalue weighted by Gasteiger charge is 2.23. The van der Waals surface area contributed by atoms with Gasteiger partial charge in [-0.3, -0.25) is 0 Å². The number of nitrogens with one attached hydrogen (secondary N) is 1. The van der Waals surface area contributed by atoms with Crippen LogP contribution in [0.1, 0.15) is 6.04 Å². The highest BCUT2D eigenvalue weighted by Crippen LogP contribution is 2.31. The van der Waals surface area contributed by atoms with Crippen molar-refractivity contribution in [2.45, 2.75) is 6.04 Å². The van der Waals surface area contributed by atoms with Crippen LogP contribution in [0.15, 0.2) is 49.1 Å². The topological polar surface area (TPSA) is 65.0 Å². The molecule has 1 aliphatic heterocycles. The van der Waals surface area contributed by atoms with Crippen LogP contribution < -0.4 is 0 Å². The summed E-state index contributed by atoms with van der Waals surface area (Å²) in [4.78, 5) is 12.3. The maximum Gasteiger partial charge on any atom is 0.156 e. The van der Waals surface area contributed by atoms with Crippen molar-refractivity contribution in [3.05, 3.63) is 49.1 Å². The molecule has 4 rings (SSSR count). The Bertz CT molecular complexity index is 744. The summed E-state index contributed by atoms with van der Waals surface area (Å²) in [6.45, 7) is 2.48. The zero-order chi connectivity index (χ0) is 15.5. The van der Waals surface area contributed by atoms with Gasteiger partial charge in [0.2, 0.25) is 0 Å². The third kappa shape index (κ3) is 2.78. The Hall–Kier alpha value is -2.44. The molecule has 1 fully saturated rings. The van der Waals surface area contributed by atoms with Crippen LogP contribution in [0, 0.1) is 0 Å². The number of aromatic nitrogens is 4. The Labute approximate surface area is 134 Å². The van der Waals surface area contributed by atoms with Crippen molar-refractivity contribution in [3.8, 4) is 22.8 Å². The number of aromatic amines is 1. The van der Waals surface area contributed by atoms with E-state index in [1.807, 2.05) is 30.7 Å². The van der Waals surface area contributed by atoms with E-state index in [2.05, 4.69) is 31.7 Å². The third-order valence-electron chi connectivity index (χ3n) is 3.95. The molecule has 1 N–H and O–H groups in total. The summed E-state index contributed by atoms with van der Waals surface area (Å²) in [5.74, 6) is 0.797. The molecule has 1 aromatic carbocycles. The number of hydrogen-bond donors (Lipinski definition) is 1. The van der Waals surface area contributed by atoms with Crippen molar-refractivity contribution in [2.75, 3.05) is 26.4 Å². The lowest BCUT2D eigenvalue weighted by Gasteiger charge is -2.18. The molecule has 0 radical (unpaired) electrons. The zero-order valence-electron chi connectivity index (χ0n) is 12.7. The van der Waals surface area contributed by atoms with Gasteiger partial charge < -0.3 is 19.0 Å². The van der Waals surface area contributed by atoms with E-state index in [1.165, 1.54) is 0 Å². The van der Waals surface area contributed by atoms with Gasteiger partial charge in [0.25, 0.3) is 0 Å². The van der Waals surface area contributed by atoms with E-state index in [9.17, 15) is 0 Å². The molecule has 6 heteroatoms. The van der Waals surface area contributed by atoms with Gasteiger partial charge in [0.15, 0.2) is 5.82 Å². The van der Waals surface area contributed by atoms with E-state index < -0.39 is 0 Å². The highest BCUT2D eigenvalue weighted by molar-refractivity contribution is 5.75. The highest BCUT2D eigenvalue weighted by atomic mass is 16.5. The summed E-state index contributed by atoms with van der Waals surface area (Å²) in [5, 5.41) is 0. The van der Waals surface area contributed by atoms with Crippen molar-refractivity contribution in [1.82, 2.24) is 19.5 Å². The normalized spacial score (nSPS) is 16.3. The molecule has 3 heterocycles. The van der Waals surface area contributed by atoms with E-state index >= 15 is 0 Å². The summed E-state index contributed by atoms with van der Waals surface area (Å²) in [6.07, 6.45) is 5.42. The first kappa shape index (κ1) is 14.2. The molecule has 23 heavy (non-hydrogen) atoms. The van der Waals surface area contributed by atoms with Crippen LogP contribution in [-0.4, -0.2) is 45.9 Å². The SMILES string of the molecule is c1ccc(-c2ncn(C3COCCOC3)c2-c2ncc[nH]2)cc1. The average molecular weight is 310 g/mol. The second-order valence-electron chi connectivity index (χ2n) is 5.46. The van der Waals surface area contributed by atoms with Gasteiger partial charge in [-0.25, -0.2) is 9.97 Å². The van der Waals surface area contributed by atoms with Crippen LogP contribution in [0.25, 0.3) is 22.8 Å². The summed E-state index contributed by atoms with van der Waals surface area (Å²) < 4.78 is 13.4. The quantitative estimate of drug-likeness (QED) is 0.807. The number of benzene rings is 1. The minimum absolute atomic E-state index is 0.0857. The van der Waals surface area contributed by atoms with E-state index in [0.29, 0.717) is 26.4 Å². The van der Waals surface area contributed by atoms with Gasteiger partial charge in [-0.15, -0.1) is 0 Å². The van der Waals surface area contributed by atoms with E-state index in [1.54, 1.807) is 6.20 Å². The fourth-order valence-corrected chi connectivity index (χ4v) is 2.84. The molecule has 0 spiro atoms. The van der Waals surface area contributed by atoms with Crippen LogP contribution in [-0.2, 0) is 9.47 Å². The second-order valence-corrected chi connectivity index (χ2v) is 5.46. The van der Waals surface area contributed by atoms with Crippen molar-refractivity contribution < 1.29 is 9.47 Å². The molecule has 1 aliphatic rings. The first-order chi connectivity index (χ1) is 11.4. The third-order valence-corrected chi connectivity index (χ3v) is 3.95. The van der Waals surface area contributed by atoms with Gasteiger partial charge in [0.05, 0.1) is 44.5 Å². The molecule has 6 nitrogen and oxygen atoms in total. The fourth-order valence-electron chi connectivity index (χ4n) is 2.84. The number of imidazole rings is 2. The summed E-state index contributed by atoms with van der Waals surface area (Å²) in [6, 6.07) is 10.2. The summed E-state index contributed by atoms with van der Waals surface area (Å²) in [7, 11) is 0. The Balaban J connectivity index is 1.82. The molecule has 0 aliphatic carbocycles. The summed E-state index contributed by atoms with van der Waals surface area (Å²) in [5.41, 5.74) is 2.93. The van der Waals surface area contributed by atoms with Crippen molar-refractivity contribution in [3.63, 3.8) is 0 Å². The van der Waals surface area contributed by atoms with Crippen LogP contribution >= 0.6 is 0 Å². The Morgan fingerprint density at radius 1 is 1.04 bits per heavy atom. The molecular weight excluding hydrogens is 292 g/mol. The number of rotatable bonds is 3. The first-order valence-corrected chi connectivity index (χ1v) is 7.71. The maximum atomic E-state index is 5.64. The Morgan fingerprint density at radius 2 is 1.83 bits per heavy atom. The minimum Gasteiger partial charge on any atom is -0.377 e. The molecular formula is C17H18N4O2. The number of nitrogens with zero attached hydrogens (tertiary/aromatic N) is 3. The first-order valence-electron chi connectivity index (χ1n) is 7.71. The molecule has 118 valence electrons. The Kier molecular flexibility index (Phi) is 3.92. The van der Waals surface area contributed by atoms with Gasteiger partial charge in [0.1, 0.15) is 5.69 Å². The maximum absolute atomic E-state index is 5.64. The van der Waals surface area contributed by atoms with Crippen molar-refractivity contribution in [2.24, 2.45) is 0 Å². The molecule has 0 atom stereocenters. The number of H-pyrrole nitrogens is 1. The van der Waals surface area contributed by atoms with Crippen molar-refractivity contribution in [1.29, 1.82) is 0 Å². The fraction of sp³-hybridized carbons (Fsp3) is 0.294. The lowest BCUT2D eigenvalue weighted by atomic mass is 10.1. The zero-order valence-corrected chi connectivity index (χ0v) is 12.7. The average Bonchev–Trinajstić information content (AvgIpc) is 3.19. The summed E-state index contributed by atoms with van der Waals surface area (Å²) >= 11 is 0. The lowest BCUT2D eigenvalue weighted by Crippen LogP contribution is -2.18. The number of ether oxygens (including phenoxy) is 2. The second kappa shape index (κ2) is 6.36. The monoisotopic (exact) mass is 310 g/mol. The van der Waals surface area contributed by atoms with E-state index in [-0.39, 0.29) is 6.04 Å². The number of hydrogen-bond acceptors (Lipinski definition) is 4. The predicted molar refractivity (Wildman–Crippen MR) is 85.9 cm³/mol. The minimum atomic E-state index is 0.0857. The van der Waals surface area contributed by atoms with Crippen molar-refractivity contribution >= 4 is 0 Å². The predicted octanol–water partition coefficient (Wildman–Crippen LogP) is 2.53. The lowest BCUT2D eigenvalue weighted by molar-refractivity contribution is 0.103. The molecule has 0 bridgehead atoms. The van der Waals surface area contributed by atoms with E-state index in [0.717, 1.165) is 22.8 Å². The standard InChI is InChI=1S/C17H18N4O2/c1-2-4-13(5-3-1)15-16(17-18-6-7-19-17)21(12-20-15)14-10-22-8-9-23-11-14/h1-7,12,14H,8-11H2,(H,18,19). The molecule has 0 saturated carbocycles. The van der Waals surface area contributed by atoms with Gasteiger partial charge in [-0.2, -0.15) is 0 Å². The van der Waals surface area contributed by atoms with Gasteiger partial charge in [-0.1, -0.05) is 30.3 Å². The van der Waals surface area contributed by atoms with Crippen LogP contribution in [0.4, 0.5) is 0 Å².